The fourth-order valence-electron chi connectivity index (χ4n) is 1.74. The molecule has 8 heteroatoms. The van der Waals surface area contributed by atoms with E-state index in [1.807, 2.05) is 13.8 Å². The first-order valence-electron chi connectivity index (χ1n) is 6.80. The highest BCUT2D eigenvalue weighted by atomic mass is 35.5. The number of hydrogen-bond donors (Lipinski definition) is 1. The number of sulfonamides is 1. The normalized spacial score (nSPS) is 11.5. The number of carbonyl (C=O) groups excluding carboxylic acids is 1. The van der Waals surface area contributed by atoms with E-state index in [1.54, 1.807) is 6.07 Å². The Hall–Kier alpha value is -0.980. The SMILES string of the molecule is CC(C)CNC(=O)CCN(c1ccc(Cl)c(Cl)c1)S(C)(=O)=O. The highest BCUT2D eigenvalue weighted by Gasteiger charge is 2.19. The molecule has 0 aliphatic carbocycles. The lowest BCUT2D eigenvalue weighted by Gasteiger charge is -2.22. The summed E-state index contributed by atoms with van der Waals surface area (Å²) in [5.41, 5.74) is 0.383. The maximum Gasteiger partial charge on any atom is 0.232 e. The fourth-order valence-corrected chi connectivity index (χ4v) is 2.95. The molecule has 0 spiro atoms. The van der Waals surface area contributed by atoms with Crippen LogP contribution in [0, 0.1) is 5.92 Å². The van der Waals surface area contributed by atoms with E-state index in [9.17, 15) is 13.2 Å². The van der Waals surface area contributed by atoms with Crippen LogP contribution in [-0.2, 0) is 14.8 Å². The minimum Gasteiger partial charge on any atom is -0.356 e. The number of nitrogens with one attached hydrogen (secondary N) is 1. The van der Waals surface area contributed by atoms with Crippen LogP contribution in [0.3, 0.4) is 0 Å². The summed E-state index contributed by atoms with van der Waals surface area (Å²) in [5, 5.41) is 3.36. The number of rotatable bonds is 7. The lowest BCUT2D eigenvalue weighted by Crippen LogP contribution is -2.35. The van der Waals surface area contributed by atoms with E-state index in [-0.39, 0.29) is 23.9 Å². The monoisotopic (exact) mass is 366 g/mol. The molecular formula is C14H20Cl2N2O3S. The molecule has 0 fully saturated rings. The van der Waals surface area contributed by atoms with Gasteiger partial charge in [-0.15, -0.1) is 0 Å². The molecule has 1 aromatic carbocycles. The van der Waals surface area contributed by atoms with E-state index in [0.717, 1.165) is 10.6 Å². The summed E-state index contributed by atoms with van der Waals surface area (Å²) in [6, 6.07) is 4.55. The third-order valence-electron chi connectivity index (χ3n) is 2.84. The molecule has 0 saturated carbocycles. The Labute approximate surface area is 141 Å². The van der Waals surface area contributed by atoms with E-state index in [2.05, 4.69) is 5.32 Å². The van der Waals surface area contributed by atoms with Gasteiger partial charge in [0.25, 0.3) is 0 Å². The molecule has 0 aliphatic rings. The molecule has 22 heavy (non-hydrogen) atoms. The number of halogens is 2. The first kappa shape index (κ1) is 19.1. The van der Waals surface area contributed by atoms with Gasteiger partial charge in [0, 0.05) is 19.5 Å². The van der Waals surface area contributed by atoms with Crippen molar-refractivity contribution in [3.63, 3.8) is 0 Å². The molecule has 124 valence electrons. The standard InChI is InChI=1S/C14H20Cl2N2O3S/c1-10(2)9-17-14(19)6-7-18(22(3,20)21)11-4-5-12(15)13(16)8-11/h4-5,8,10H,6-7,9H2,1-3H3,(H,17,19). The Balaban J connectivity index is 2.83. The molecule has 0 saturated heterocycles. The van der Waals surface area contributed by atoms with Gasteiger partial charge in [0.05, 0.1) is 22.0 Å². The Morgan fingerprint density at radius 3 is 2.41 bits per heavy atom. The molecule has 0 heterocycles. The van der Waals surface area contributed by atoms with Gasteiger partial charge in [0.15, 0.2) is 0 Å². The number of anilines is 1. The molecule has 5 nitrogen and oxygen atoms in total. The molecular weight excluding hydrogens is 347 g/mol. The van der Waals surface area contributed by atoms with Gasteiger partial charge in [0.2, 0.25) is 15.9 Å². The van der Waals surface area contributed by atoms with Gasteiger partial charge >= 0.3 is 0 Å². The smallest absolute Gasteiger partial charge is 0.232 e. The summed E-state index contributed by atoms with van der Waals surface area (Å²) in [5.74, 6) is 0.146. The van der Waals surface area contributed by atoms with Gasteiger partial charge < -0.3 is 5.32 Å². The quantitative estimate of drug-likeness (QED) is 0.806. The molecule has 1 aromatic rings. The third-order valence-corrected chi connectivity index (χ3v) is 4.77. The van der Waals surface area contributed by atoms with Gasteiger partial charge in [-0.25, -0.2) is 8.42 Å². The highest BCUT2D eigenvalue weighted by molar-refractivity contribution is 7.92. The number of carbonyl (C=O) groups is 1. The lowest BCUT2D eigenvalue weighted by molar-refractivity contribution is -0.121. The van der Waals surface area contributed by atoms with Crippen LogP contribution in [0.25, 0.3) is 0 Å². The van der Waals surface area contributed by atoms with Crippen LogP contribution in [0.2, 0.25) is 10.0 Å². The Morgan fingerprint density at radius 1 is 1.27 bits per heavy atom. The van der Waals surface area contributed by atoms with Crippen molar-refractivity contribution in [3.8, 4) is 0 Å². The fraction of sp³-hybridized carbons (Fsp3) is 0.500. The zero-order valence-corrected chi connectivity index (χ0v) is 15.1. The van der Waals surface area contributed by atoms with Crippen LogP contribution in [0.15, 0.2) is 18.2 Å². The molecule has 0 aliphatic heterocycles. The second kappa shape index (κ2) is 8.04. The summed E-state index contributed by atoms with van der Waals surface area (Å²) in [6.07, 6.45) is 1.15. The van der Waals surface area contributed by atoms with Crippen LogP contribution < -0.4 is 9.62 Å². The van der Waals surface area contributed by atoms with Crippen LogP contribution in [-0.4, -0.2) is 33.7 Å². The summed E-state index contributed by atoms with van der Waals surface area (Å²) in [4.78, 5) is 11.8. The van der Waals surface area contributed by atoms with Gasteiger partial charge in [-0.3, -0.25) is 9.10 Å². The molecule has 0 aromatic heterocycles. The maximum atomic E-state index is 11.9. The van der Waals surface area contributed by atoms with E-state index >= 15 is 0 Å². The van der Waals surface area contributed by atoms with Crippen molar-refractivity contribution in [2.45, 2.75) is 20.3 Å². The second-order valence-corrected chi connectivity index (χ2v) is 8.10. The minimum atomic E-state index is -3.52. The summed E-state index contributed by atoms with van der Waals surface area (Å²) in [7, 11) is -3.52. The van der Waals surface area contributed by atoms with Crippen molar-refractivity contribution < 1.29 is 13.2 Å². The van der Waals surface area contributed by atoms with Gasteiger partial charge in [-0.2, -0.15) is 0 Å². The van der Waals surface area contributed by atoms with Gasteiger partial charge in [0.1, 0.15) is 0 Å². The maximum absolute atomic E-state index is 11.9. The zero-order valence-electron chi connectivity index (χ0n) is 12.8. The topological polar surface area (TPSA) is 66.5 Å². The molecule has 1 amide bonds. The third kappa shape index (κ3) is 6.02. The van der Waals surface area contributed by atoms with Crippen molar-refractivity contribution in [2.75, 3.05) is 23.7 Å². The van der Waals surface area contributed by atoms with Crippen molar-refractivity contribution in [1.82, 2.24) is 5.32 Å². The predicted octanol–water partition coefficient (Wildman–Crippen LogP) is 2.92. The molecule has 0 atom stereocenters. The zero-order chi connectivity index (χ0) is 16.9. The van der Waals surface area contributed by atoms with Crippen molar-refractivity contribution in [1.29, 1.82) is 0 Å². The summed E-state index contributed by atoms with van der Waals surface area (Å²) >= 11 is 11.8. The number of hydrogen-bond acceptors (Lipinski definition) is 3. The molecule has 1 N–H and O–H groups in total. The average Bonchev–Trinajstić information content (AvgIpc) is 2.39. The van der Waals surface area contributed by atoms with E-state index in [4.69, 9.17) is 23.2 Å². The van der Waals surface area contributed by atoms with Crippen LogP contribution >= 0.6 is 23.2 Å². The van der Waals surface area contributed by atoms with Crippen molar-refractivity contribution in [3.05, 3.63) is 28.2 Å². The molecule has 0 unspecified atom stereocenters. The largest absolute Gasteiger partial charge is 0.356 e. The number of nitrogens with zero attached hydrogens (tertiary/aromatic N) is 1. The van der Waals surface area contributed by atoms with E-state index < -0.39 is 10.0 Å². The van der Waals surface area contributed by atoms with Crippen LogP contribution in [0.4, 0.5) is 5.69 Å². The van der Waals surface area contributed by atoms with Gasteiger partial charge in [-0.05, 0) is 24.1 Å². The Bertz CT molecular complexity index is 633. The molecule has 0 bridgehead atoms. The summed E-state index contributed by atoms with van der Waals surface area (Å²) < 4.78 is 25.0. The van der Waals surface area contributed by atoms with E-state index in [1.165, 1.54) is 12.1 Å². The highest BCUT2D eigenvalue weighted by Crippen LogP contribution is 2.28. The first-order valence-corrected chi connectivity index (χ1v) is 9.41. The molecule has 0 radical (unpaired) electrons. The van der Waals surface area contributed by atoms with Crippen molar-refractivity contribution in [2.24, 2.45) is 5.92 Å². The van der Waals surface area contributed by atoms with E-state index in [0.29, 0.717) is 23.2 Å². The molecule has 1 rings (SSSR count). The lowest BCUT2D eigenvalue weighted by atomic mass is 10.2. The Kier molecular flexibility index (Phi) is 6.97. The van der Waals surface area contributed by atoms with Gasteiger partial charge in [-0.1, -0.05) is 37.0 Å². The second-order valence-electron chi connectivity index (χ2n) is 5.38. The Morgan fingerprint density at radius 2 is 1.91 bits per heavy atom. The first-order chi connectivity index (χ1) is 10.1. The predicted molar refractivity (Wildman–Crippen MR) is 91.1 cm³/mol. The van der Waals surface area contributed by atoms with Crippen LogP contribution in [0.1, 0.15) is 20.3 Å². The number of amides is 1. The summed E-state index contributed by atoms with van der Waals surface area (Å²) in [6.45, 7) is 4.57. The van der Waals surface area contributed by atoms with Crippen LogP contribution in [0.5, 0.6) is 0 Å². The average molecular weight is 367 g/mol. The van der Waals surface area contributed by atoms with Crippen molar-refractivity contribution >= 4 is 44.8 Å². The minimum absolute atomic E-state index is 0.0424. The number of benzene rings is 1.